The molecule has 0 aliphatic heterocycles. The van der Waals surface area contributed by atoms with E-state index in [0.717, 1.165) is 0 Å². The number of benzene rings is 2. The van der Waals surface area contributed by atoms with Gasteiger partial charge in [0.25, 0.3) is 5.69 Å². The van der Waals surface area contributed by atoms with Crippen molar-refractivity contribution in [3.8, 4) is 0 Å². The Bertz CT molecular complexity index is 892. The van der Waals surface area contributed by atoms with Gasteiger partial charge in [-0.2, -0.15) is 0 Å². The first kappa shape index (κ1) is 20.6. The van der Waals surface area contributed by atoms with Crippen molar-refractivity contribution in [2.24, 2.45) is 0 Å². The first-order valence-electron chi connectivity index (χ1n) is 8.38. The number of aliphatic hydroxyl groups is 1. The van der Waals surface area contributed by atoms with Gasteiger partial charge in [0.2, 0.25) is 0 Å². The molecule has 146 valence electrons. The highest BCUT2D eigenvalue weighted by atomic mass is 16.6. The SMILES string of the molecule is CCO/C(O)=C(\C(CC(=O)c1ccccc1)c1ccc([N+](=O)[O-])cc1)[N+](=O)[O-]. The van der Waals surface area contributed by atoms with Gasteiger partial charge in [-0.3, -0.25) is 25.0 Å². The van der Waals surface area contributed by atoms with E-state index < -0.39 is 27.4 Å². The van der Waals surface area contributed by atoms with Crippen molar-refractivity contribution in [3.05, 3.63) is 97.6 Å². The van der Waals surface area contributed by atoms with E-state index in [1.54, 1.807) is 37.3 Å². The van der Waals surface area contributed by atoms with E-state index in [2.05, 4.69) is 0 Å². The van der Waals surface area contributed by atoms with Crippen LogP contribution in [0, 0.1) is 20.2 Å². The van der Waals surface area contributed by atoms with Crippen LogP contribution in [-0.4, -0.2) is 27.3 Å². The van der Waals surface area contributed by atoms with Crippen LogP contribution in [0.15, 0.2) is 66.2 Å². The molecule has 2 rings (SSSR count). The predicted molar refractivity (Wildman–Crippen MR) is 99.5 cm³/mol. The molecule has 9 heteroatoms. The zero-order valence-corrected chi connectivity index (χ0v) is 15.0. The largest absolute Gasteiger partial charge is 0.476 e. The van der Waals surface area contributed by atoms with Crippen molar-refractivity contribution in [1.82, 2.24) is 0 Å². The van der Waals surface area contributed by atoms with Gasteiger partial charge in [-0.05, 0) is 12.5 Å². The van der Waals surface area contributed by atoms with E-state index >= 15 is 0 Å². The van der Waals surface area contributed by atoms with Gasteiger partial charge in [0.1, 0.15) is 0 Å². The number of ketones is 1. The molecular weight excluding hydrogens is 368 g/mol. The van der Waals surface area contributed by atoms with Gasteiger partial charge in [0.15, 0.2) is 5.78 Å². The van der Waals surface area contributed by atoms with E-state index in [4.69, 9.17) is 4.74 Å². The number of carbonyl (C=O) groups is 1. The molecule has 0 heterocycles. The van der Waals surface area contributed by atoms with Gasteiger partial charge in [-0.1, -0.05) is 42.5 Å². The van der Waals surface area contributed by atoms with Crippen molar-refractivity contribution >= 4 is 11.5 Å². The van der Waals surface area contributed by atoms with Crippen molar-refractivity contribution in [2.45, 2.75) is 19.3 Å². The van der Waals surface area contributed by atoms with Crippen molar-refractivity contribution in [3.63, 3.8) is 0 Å². The Morgan fingerprint density at radius 3 is 2.18 bits per heavy atom. The molecule has 0 bridgehead atoms. The van der Waals surface area contributed by atoms with Gasteiger partial charge >= 0.3 is 11.6 Å². The Balaban J connectivity index is 2.50. The zero-order chi connectivity index (χ0) is 20.7. The molecule has 1 unspecified atom stereocenters. The molecule has 0 spiro atoms. The number of nitro groups is 2. The van der Waals surface area contributed by atoms with E-state index in [9.17, 15) is 30.1 Å². The minimum atomic E-state index is -1.16. The number of aliphatic hydroxyl groups excluding tert-OH is 1. The van der Waals surface area contributed by atoms with Gasteiger partial charge < -0.3 is 9.84 Å². The predicted octanol–water partition coefficient (Wildman–Crippen LogP) is 3.99. The first-order valence-corrected chi connectivity index (χ1v) is 8.38. The summed E-state index contributed by atoms with van der Waals surface area (Å²) in [6.07, 6.45) is -0.324. The van der Waals surface area contributed by atoms with Crippen molar-refractivity contribution in [1.29, 1.82) is 0 Å². The molecule has 0 radical (unpaired) electrons. The molecule has 0 aliphatic carbocycles. The Hall–Kier alpha value is -3.75. The lowest BCUT2D eigenvalue weighted by Gasteiger charge is -2.15. The topological polar surface area (TPSA) is 133 Å². The lowest BCUT2D eigenvalue weighted by Crippen LogP contribution is -2.18. The second kappa shape index (κ2) is 9.26. The molecular formula is C19H18N2O7. The van der Waals surface area contributed by atoms with Crippen LogP contribution in [0.5, 0.6) is 0 Å². The third-order valence-corrected chi connectivity index (χ3v) is 4.02. The highest BCUT2D eigenvalue weighted by Gasteiger charge is 2.35. The van der Waals surface area contributed by atoms with Gasteiger partial charge in [-0.25, -0.2) is 0 Å². The minimum absolute atomic E-state index is 0.0111. The monoisotopic (exact) mass is 386 g/mol. The number of non-ortho nitro benzene ring substituents is 1. The highest BCUT2D eigenvalue weighted by Crippen LogP contribution is 2.32. The molecule has 0 aliphatic rings. The normalized spacial score (nSPS) is 12.6. The third-order valence-electron chi connectivity index (χ3n) is 4.02. The van der Waals surface area contributed by atoms with Gasteiger partial charge in [0.05, 0.1) is 22.4 Å². The summed E-state index contributed by atoms with van der Waals surface area (Å²) in [5.74, 6) is -2.43. The first-order chi connectivity index (χ1) is 13.3. The fraction of sp³-hybridized carbons (Fsp3) is 0.211. The minimum Gasteiger partial charge on any atom is -0.476 e. The fourth-order valence-electron chi connectivity index (χ4n) is 2.69. The molecule has 0 aromatic heterocycles. The summed E-state index contributed by atoms with van der Waals surface area (Å²) in [6.45, 7) is 1.53. The molecule has 0 amide bonds. The summed E-state index contributed by atoms with van der Waals surface area (Å²) >= 11 is 0. The van der Waals surface area contributed by atoms with E-state index in [0.29, 0.717) is 5.56 Å². The maximum Gasteiger partial charge on any atom is 0.354 e. The number of nitrogens with zero attached hydrogens (tertiary/aromatic N) is 2. The summed E-state index contributed by atoms with van der Waals surface area (Å²) < 4.78 is 4.89. The summed E-state index contributed by atoms with van der Waals surface area (Å²) in [7, 11) is 0. The second-order valence-electron chi connectivity index (χ2n) is 5.78. The highest BCUT2D eigenvalue weighted by molar-refractivity contribution is 5.96. The Morgan fingerprint density at radius 2 is 1.68 bits per heavy atom. The molecule has 28 heavy (non-hydrogen) atoms. The van der Waals surface area contributed by atoms with Crippen LogP contribution in [0.3, 0.4) is 0 Å². The van der Waals surface area contributed by atoms with Crippen LogP contribution >= 0.6 is 0 Å². The molecule has 2 aromatic rings. The fourth-order valence-corrected chi connectivity index (χ4v) is 2.69. The second-order valence-corrected chi connectivity index (χ2v) is 5.78. The molecule has 1 N–H and O–H groups in total. The molecule has 0 saturated heterocycles. The zero-order valence-electron chi connectivity index (χ0n) is 15.0. The number of carbonyl (C=O) groups excluding carboxylic acids is 1. The molecule has 9 nitrogen and oxygen atoms in total. The average Bonchev–Trinajstić information content (AvgIpc) is 2.68. The van der Waals surface area contributed by atoms with Crippen LogP contribution in [0.25, 0.3) is 0 Å². The van der Waals surface area contributed by atoms with Crippen LogP contribution in [0.4, 0.5) is 5.69 Å². The summed E-state index contributed by atoms with van der Waals surface area (Å²) in [5, 5.41) is 32.5. The van der Waals surface area contributed by atoms with E-state index in [-0.39, 0.29) is 30.1 Å². The molecule has 2 aromatic carbocycles. The van der Waals surface area contributed by atoms with Crippen LogP contribution < -0.4 is 0 Å². The van der Waals surface area contributed by atoms with E-state index in [1.165, 1.54) is 24.3 Å². The number of nitro benzene ring substituents is 1. The summed E-state index contributed by atoms with van der Waals surface area (Å²) in [6, 6.07) is 13.2. The Labute approximate surface area is 160 Å². The van der Waals surface area contributed by atoms with Gasteiger partial charge in [0, 0.05) is 24.1 Å². The quantitative estimate of drug-likeness (QED) is 0.298. The maximum absolute atomic E-state index is 12.6. The summed E-state index contributed by atoms with van der Waals surface area (Å²) in [4.78, 5) is 33.7. The van der Waals surface area contributed by atoms with Crippen molar-refractivity contribution < 1.29 is 24.5 Å². The van der Waals surface area contributed by atoms with Gasteiger partial charge in [-0.15, -0.1) is 0 Å². The number of hydrogen-bond donors (Lipinski definition) is 1. The smallest absolute Gasteiger partial charge is 0.354 e. The Kier molecular flexibility index (Phi) is 6.80. The number of allylic oxidation sites excluding steroid dienone is 1. The van der Waals surface area contributed by atoms with E-state index in [1.807, 2.05) is 0 Å². The number of ether oxygens (including phenoxy) is 1. The lowest BCUT2D eigenvalue weighted by atomic mass is 9.89. The van der Waals surface area contributed by atoms with Crippen LogP contribution in [-0.2, 0) is 4.74 Å². The Morgan fingerprint density at radius 1 is 1.07 bits per heavy atom. The van der Waals surface area contributed by atoms with Crippen LogP contribution in [0.1, 0.15) is 35.2 Å². The lowest BCUT2D eigenvalue weighted by molar-refractivity contribution is -0.436. The maximum atomic E-state index is 12.6. The number of rotatable bonds is 9. The van der Waals surface area contributed by atoms with Crippen molar-refractivity contribution in [2.75, 3.05) is 6.61 Å². The standard InChI is InChI=1S/C19H18N2O7/c1-2-28-19(23)18(21(26)27)16(12-17(22)14-6-4-3-5-7-14)13-8-10-15(11-9-13)20(24)25/h3-11,16,23H,2,12H2,1H3/b19-18+. The number of hydrogen-bond acceptors (Lipinski definition) is 7. The molecule has 0 saturated carbocycles. The molecule has 1 atom stereocenters. The average molecular weight is 386 g/mol. The van der Waals surface area contributed by atoms with Crippen LogP contribution in [0.2, 0.25) is 0 Å². The third kappa shape index (κ3) is 4.91. The molecule has 0 fully saturated rings. The number of Topliss-reactive ketones (excluding diaryl/α,β-unsaturated/α-hetero) is 1. The summed E-state index contributed by atoms with van der Waals surface area (Å²) in [5.41, 5.74) is -0.252.